The van der Waals surface area contributed by atoms with Crippen molar-refractivity contribution in [2.24, 2.45) is 0 Å². The van der Waals surface area contributed by atoms with Gasteiger partial charge in [0.15, 0.2) is 0 Å². The SMILES string of the molecule is CCC(=O)Nc1ccc(-c2noc(C3CCC4(CNC4)O3)n2)cc1. The van der Waals surface area contributed by atoms with Crippen LogP contribution in [-0.2, 0) is 9.53 Å². The predicted octanol–water partition coefficient (Wildman–Crippen LogP) is 2.28. The molecular weight excluding hydrogens is 308 g/mol. The molecule has 2 saturated heterocycles. The fourth-order valence-electron chi connectivity index (χ4n) is 3.09. The second-order valence-corrected chi connectivity index (χ2v) is 6.37. The molecule has 0 saturated carbocycles. The summed E-state index contributed by atoms with van der Waals surface area (Å²) in [7, 11) is 0. The van der Waals surface area contributed by atoms with Crippen LogP contribution in [0.3, 0.4) is 0 Å². The third-order valence-electron chi connectivity index (χ3n) is 4.61. The molecule has 0 aliphatic carbocycles. The van der Waals surface area contributed by atoms with Gasteiger partial charge < -0.3 is 19.9 Å². The highest BCUT2D eigenvalue weighted by atomic mass is 16.5. The summed E-state index contributed by atoms with van der Waals surface area (Å²) in [5, 5.41) is 10.1. The van der Waals surface area contributed by atoms with Gasteiger partial charge in [0, 0.05) is 30.8 Å². The van der Waals surface area contributed by atoms with Gasteiger partial charge in [-0.1, -0.05) is 12.1 Å². The van der Waals surface area contributed by atoms with E-state index in [4.69, 9.17) is 9.26 Å². The molecule has 2 aliphatic heterocycles. The number of aromatic nitrogens is 2. The van der Waals surface area contributed by atoms with E-state index in [9.17, 15) is 4.79 Å². The highest BCUT2D eigenvalue weighted by Crippen LogP contribution is 2.41. The lowest BCUT2D eigenvalue weighted by atomic mass is 9.93. The Bertz CT molecular complexity index is 737. The van der Waals surface area contributed by atoms with Gasteiger partial charge in [0.2, 0.25) is 11.7 Å². The third-order valence-corrected chi connectivity index (χ3v) is 4.61. The fraction of sp³-hybridized carbons (Fsp3) is 0.471. The van der Waals surface area contributed by atoms with E-state index in [-0.39, 0.29) is 17.6 Å². The Morgan fingerprint density at radius 1 is 1.38 bits per heavy atom. The quantitative estimate of drug-likeness (QED) is 0.895. The van der Waals surface area contributed by atoms with E-state index in [1.165, 1.54) is 0 Å². The van der Waals surface area contributed by atoms with Crippen LogP contribution >= 0.6 is 0 Å². The first kappa shape index (κ1) is 15.3. The van der Waals surface area contributed by atoms with Gasteiger partial charge in [-0.15, -0.1) is 0 Å². The van der Waals surface area contributed by atoms with Gasteiger partial charge in [-0.25, -0.2) is 0 Å². The zero-order chi connectivity index (χ0) is 16.6. The third kappa shape index (κ3) is 2.81. The number of hydrogen-bond donors (Lipinski definition) is 2. The molecule has 2 aromatic rings. The fourth-order valence-corrected chi connectivity index (χ4v) is 3.09. The molecule has 126 valence electrons. The van der Waals surface area contributed by atoms with E-state index in [2.05, 4.69) is 20.8 Å². The molecule has 24 heavy (non-hydrogen) atoms. The van der Waals surface area contributed by atoms with Gasteiger partial charge in [0.25, 0.3) is 5.89 Å². The first-order valence-corrected chi connectivity index (χ1v) is 8.30. The van der Waals surface area contributed by atoms with E-state index < -0.39 is 0 Å². The predicted molar refractivity (Wildman–Crippen MR) is 87.3 cm³/mol. The van der Waals surface area contributed by atoms with Gasteiger partial charge in [-0.3, -0.25) is 4.79 Å². The number of carbonyl (C=O) groups excluding carboxylic acids is 1. The van der Waals surface area contributed by atoms with Gasteiger partial charge >= 0.3 is 0 Å². The normalized spacial score (nSPS) is 21.6. The maximum Gasteiger partial charge on any atom is 0.256 e. The summed E-state index contributed by atoms with van der Waals surface area (Å²) in [6.45, 7) is 3.62. The van der Waals surface area contributed by atoms with Gasteiger partial charge in [0.1, 0.15) is 6.10 Å². The largest absolute Gasteiger partial charge is 0.359 e. The summed E-state index contributed by atoms with van der Waals surface area (Å²) in [4.78, 5) is 15.9. The molecule has 7 heteroatoms. The summed E-state index contributed by atoms with van der Waals surface area (Å²) in [5.74, 6) is 1.06. The number of hydrogen-bond acceptors (Lipinski definition) is 6. The van der Waals surface area contributed by atoms with Gasteiger partial charge in [-0.2, -0.15) is 4.98 Å². The van der Waals surface area contributed by atoms with Crippen molar-refractivity contribution in [1.82, 2.24) is 15.5 Å². The molecule has 7 nitrogen and oxygen atoms in total. The van der Waals surface area contributed by atoms with Crippen LogP contribution in [-0.4, -0.2) is 34.7 Å². The van der Waals surface area contributed by atoms with Crippen LogP contribution in [0.25, 0.3) is 11.4 Å². The highest BCUT2D eigenvalue weighted by molar-refractivity contribution is 5.90. The van der Waals surface area contributed by atoms with E-state index in [1.807, 2.05) is 31.2 Å². The number of rotatable bonds is 4. The standard InChI is InChI=1S/C17H20N4O3/c1-2-14(22)19-12-5-3-11(4-6-12)15-20-16(24-21-15)13-7-8-17(23-13)9-18-10-17/h3-6,13,18H,2,7-10H2,1H3,(H,19,22). The van der Waals surface area contributed by atoms with Crippen molar-refractivity contribution in [2.75, 3.05) is 18.4 Å². The van der Waals surface area contributed by atoms with E-state index in [0.717, 1.165) is 37.2 Å². The average molecular weight is 328 g/mol. The Labute approximate surface area is 139 Å². The second kappa shape index (κ2) is 5.99. The second-order valence-electron chi connectivity index (χ2n) is 6.37. The molecule has 0 bridgehead atoms. The minimum absolute atomic E-state index is 0.0117. The first-order valence-electron chi connectivity index (χ1n) is 8.30. The Kier molecular flexibility index (Phi) is 3.82. The lowest BCUT2D eigenvalue weighted by Crippen LogP contribution is -2.58. The number of carbonyl (C=O) groups is 1. The Morgan fingerprint density at radius 3 is 2.79 bits per heavy atom. The van der Waals surface area contributed by atoms with E-state index >= 15 is 0 Å². The maximum atomic E-state index is 11.4. The van der Waals surface area contributed by atoms with E-state index in [0.29, 0.717) is 18.1 Å². The molecule has 0 radical (unpaired) electrons. The minimum atomic E-state index is -0.114. The minimum Gasteiger partial charge on any atom is -0.359 e. The zero-order valence-electron chi connectivity index (χ0n) is 13.5. The van der Waals surface area contributed by atoms with E-state index in [1.54, 1.807) is 0 Å². The number of nitrogens with one attached hydrogen (secondary N) is 2. The van der Waals surface area contributed by atoms with Crippen LogP contribution in [0.1, 0.15) is 38.2 Å². The van der Waals surface area contributed by atoms with Crippen LogP contribution in [0.5, 0.6) is 0 Å². The molecule has 1 amide bonds. The topological polar surface area (TPSA) is 89.3 Å². The maximum absolute atomic E-state index is 11.4. The molecule has 1 unspecified atom stereocenters. The molecule has 1 atom stereocenters. The van der Waals surface area contributed by atoms with Crippen molar-refractivity contribution in [2.45, 2.75) is 37.9 Å². The van der Waals surface area contributed by atoms with Gasteiger partial charge in [0.05, 0.1) is 5.60 Å². The van der Waals surface area contributed by atoms with Crippen molar-refractivity contribution in [3.63, 3.8) is 0 Å². The molecule has 2 aliphatic rings. The van der Waals surface area contributed by atoms with Crippen LogP contribution in [0.4, 0.5) is 5.69 Å². The summed E-state index contributed by atoms with van der Waals surface area (Å²) in [5.41, 5.74) is 1.57. The molecule has 2 fully saturated rings. The molecule has 1 aromatic heterocycles. The summed E-state index contributed by atoms with van der Waals surface area (Å²) < 4.78 is 11.5. The first-order chi connectivity index (χ1) is 11.7. The Morgan fingerprint density at radius 2 is 2.17 bits per heavy atom. The monoisotopic (exact) mass is 328 g/mol. The van der Waals surface area contributed by atoms with Crippen molar-refractivity contribution in [3.8, 4) is 11.4 Å². The van der Waals surface area contributed by atoms with Crippen molar-refractivity contribution < 1.29 is 14.1 Å². The average Bonchev–Trinajstić information content (AvgIpc) is 3.22. The Balaban J connectivity index is 1.45. The zero-order valence-corrected chi connectivity index (χ0v) is 13.5. The number of benzene rings is 1. The summed E-state index contributed by atoms with van der Waals surface area (Å²) >= 11 is 0. The highest BCUT2D eigenvalue weighted by Gasteiger charge is 2.46. The van der Waals surface area contributed by atoms with Crippen LogP contribution < -0.4 is 10.6 Å². The van der Waals surface area contributed by atoms with Crippen LogP contribution in [0.15, 0.2) is 28.8 Å². The summed E-state index contributed by atoms with van der Waals surface area (Å²) in [6, 6.07) is 7.40. The number of anilines is 1. The van der Waals surface area contributed by atoms with Crippen LogP contribution in [0, 0.1) is 0 Å². The Hall–Kier alpha value is -2.25. The lowest BCUT2D eigenvalue weighted by Gasteiger charge is -2.38. The molecule has 4 rings (SSSR count). The molecule has 1 spiro atoms. The van der Waals surface area contributed by atoms with Gasteiger partial charge in [-0.05, 0) is 37.1 Å². The number of ether oxygens (including phenoxy) is 1. The molecule has 3 heterocycles. The van der Waals surface area contributed by atoms with Crippen LogP contribution in [0.2, 0.25) is 0 Å². The molecule has 1 aromatic carbocycles. The van der Waals surface area contributed by atoms with Crippen molar-refractivity contribution in [1.29, 1.82) is 0 Å². The van der Waals surface area contributed by atoms with Crippen molar-refractivity contribution in [3.05, 3.63) is 30.2 Å². The molecular formula is C17H20N4O3. The lowest BCUT2D eigenvalue weighted by molar-refractivity contribution is -0.115. The molecule has 2 N–H and O–H groups in total. The summed E-state index contributed by atoms with van der Waals surface area (Å²) in [6.07, 6.45) is 2.27. The smallest absolute Gasteiger partial charge is 0.256 e. The van der Waals surface area contributed by atoms with Crippen molar-refractivity contribution >= 4 is 11.6 Å². The number of nitrogens with zero attached hydrogens (tertiary/aromatic N) is 2. The number of amides is 1.